The minimum atomic E-state index is 0.220. The Balaban J connectivity index is 1.32. The van der Waals surface area contributed by atoms with Crippen molar-refractivity contribution in [1.82, 2.24) is 20.3 Å². The number of thiophene rings is 2. The molecular weight excluding hydrogens is 440 g/mol. The van der Waals surface area contributed by atoms with Gasteiger partial charge in [-0.1, -0.05) is 41.6 Å². The van der Waals surface area contributed by atoms with Gasteiger partial charge in [0.05, 0.1) is 12.6 Å². The van der Waals surface area contributed by atoms with Crippen molar-refractivity contribution in [2.24, 2.45) is 0 Å². The molecule has 0 spiro atoms. The third kappa shape index (κ3) is 3.40. The molecule has 160 valence electrons. The number of benzene rings is 1. The molecule has 32 heavy (non-hydrogen) atoms. The molecule has 1 aliphatic rings. The first-order chi connectivity index (χ1) is 15.8. The molecule has 1 atom stereocenters. The fraction of sp³-hybridized carbons (Fsp3) is 0.208. The summed E-state index contributed by atoms with van der Waals surface area (Å²) in [5.74, 6) is 1.70. The van der Waals surface area contributed by atoms with Crippen LogP contribution in [-0.4, -0.2) is 26.8 Å². The molecule has 1 aliphatic heterocycles. The van der Waals surface area contributed by atoms with E-state index in [2.05, 4.69) is 49.2 Å². The Kier molecular flexibility index (Phi) is 4.98. The zero-order chi connectivity index (χ0) is 21.5. The van der Waals surface area contributed by atoms with Gasteiger partial charge < -0.3 is 8.94 Å². The van der Waals surface area contributed by atoms with E-state index < -0.39 is 0 Å². The maximum atomic E-state index is 6.15. The van der Waals surface area contributed by atoms with Crippen molar-refractivity contribution >= 4 is 22.7 Å². The number of nitrogens with zero attached hydrogens (tertiary/aromatic N) is 4. The Morgan fingerprint density at radius 3 is 2.78 bits per heavy atom. The molecule has 0 fully saturated rings. The summed E-state index contributed by atoms with van der Waals surface area (Å²) < 4.78 is 11.6. The predicted molar refractivity (Wildman–Crippen MR) is 125 cm³/mol. The van der Waals surface area contributed by atoms with Gasteiger partial charge in [-0.3, -0.25) is 4.90 Å². The van der Waals surface area contributed by atoms with Crippen LogP contribution in [0, 0.1) is 6.92 Å². The quantitative estimate of drug-likeness (QED) is 0.322. The molecule has 5 heterocycles. The van der Waals surface area contributed by atoms with Crippen LogP contribution in [0.1, 0.15) is 33.0 Å². The highest BCUT2D eigenvalue weighted by Gasteiger charge is 2.32. The maximum Gasteiger partial charge on any atom is 0.253 e. The molecule has 6 nitrogen and oxygen atoms in total. The number of fused-ring (bicyclic) bond motifs is 1. The van der Waals surface area contributed by atoms with Crippen LogP contribution < -0.4 is 0 Å². The fourth-order valence-electron chi connectivity index (χ4n) is 4.33. The number of hydrogen-bond donors (Lipinski definition) is 0. The number of aryl methyl sites for hydroxylation is 1. The normalized spacial score (nSPS) is 16.3. The lowest BCUT2D eigenvalue weighted by atomic mass is 9.98. The lowest BCUT2D eigenvalue weighted by Crippen LogP contribution is -2.34. The smallest absolute Gasteiger partial charge is 0.253 e. The van der Waals surface area contributed by atoms with Gasteiger partial charge in [0.2, 0.25) is 5.89 Å². The van der Waals surface area contributed by atoms with Crippen LogP contribution in [0.4, 0.5) is 0 Å². The van der Waals surface area contributed by atoms with Crippen LogP contribution >= 0.6 is 22.7 Å². The number of rotatable bonds is 5. The predicted octanol–water partition coefficient (Wildman–Crippen LogP) is 5.97. The van der Waals surface area contributed by atoms with E-state index in [0.29, 0.717) is 24.1 Å². The van der Waals surface area contributed by atoms with Gasteiger partial charge in [-0.05, 0) is 41.8 Å². The topological polar surface area (TPSA) is 68.2 Å². The molecule has 6 rings (SSSR count). The largest absolute Gasteiger partial charge is 0.419 e. The average Bonchev–Trinajstić information content (AvgIpc) is 3.61. The van der Waals surface area contributed by atoms with E-state index in [1.54, 1.807) is 11.3 Å². The van der Waals surface area contributed by atoms with E-state index in [1.165, 1.54) is 15.3 Å². The lowest BCUT2D eigenvalue weighted by Gasteiger charge is -2.34. The molecule has 1 unspecified atom stereocenters. The Morgan fingerprint density at radius 1 is 1.03 bits per heavy atom. The highest BCUT2D eigenvalue weighted by molar-refractivity contribution is 7.10. The minimum absolute atomic E-state index is 0.220. The molecule has 0 aliphatic carbocycles. The Hall–Kier alpha value is -3.07. The molecule has 0 saturated heterocycles. The summed E-state index contributed by atoms with van der Waals surface area (Å²) in [5, 5.41) is 17.3. The van der Waals surface area contributed by atoms with Crippen LogP contribution in [0.5, 0.6) is 0 Å². The van der Waals surface area contributed by atoms with Gasteiger partial charge in [0.1, 0.15) is 17.0 Å². The van der Waals surface area contributed by atoms with Crippen LogP contribution in [0.15, 0.2) is 68.2 Å². The molecule has 4 aromatic heterocycles. The second kappa shape index (κ2) is 8.12. The van der Waals surface area contributed by atoms with E-state index in [0.717, 1.165) is 29.8 Å². The van der Waals surface area contributed by atoms with Gasteiger partial charge in [-0.2, -0.15) is 0 Å². The van der Waals surface area contributed by atoms with Gasteiger partial charge in [0.25, 0.3) is 5.89 Å². The summed E-state index contributed by atoms with van der Waals surface area (Å²) in [4.78, 5) is 5.24. The molecule has 0 saturated carbocycles. The first-order valence-electron chi connectivity index (χ1n) is 10.5. The molecular formula is C24H20N4O2S2. The monoisotopic (exact) mass is 460 g/mol. The summed E-state index contributed by atoms with van der Waals surface area (Å²) in [6, 6.07) is 16.7. The molecule has 0 radical (unpaired) electrons. The molecule has 0 bridgehead atoms. The van der Waals surface area contributed by atoms with Crippen LogP contribution in [0.2, 0.25) is 0 Å². The van der Waals surface area contributed by atoms with Crippen molar-refractivity contribution in [1.29, 1.82) is 0 Å². The average molecular weight is 461 g/mol. The fourth-order valence-corrected chi connectivity index (χ4v) is 6.11. The minimum Gasteiger partial charge on any atom is -0.419 e. The highest BCUT2D eigenvalue weighted by atomic mass is 32.1. The second-order valence-corrected chi connectivity index (χ2v) is 9.75. The Morgan fingerprint density at radius 2 is 1.94 bits per heavy atom. The van der Waals surface area contributed by atoms with Gasteiger partial charge >= 0.3 is 0 Å². The van der Waals surface area contributed by atoms with E-state index in [1.807, 2.05) is 48.6 Å². The van der Waals surface area contributed by atoms with Crippen molar-refractivity contribution < 1.29 is 8.94 Å². The molecule has 8 heteroatoms. The Bertz CT molecular complexity index is 1340. The van der Waals surface area contributed by atoms with E-state index in [9.17, 15) is 0 Å². The summed E-state index contributed by atoms with van der Waals surface area (Å²) in [5.41, 5.74) is 3.82. The van der Waals surface area contributed by atoms with E-state index >= 15 is 0 Å². The second-order valence-electron chi connectivity index (χ2n) is 7.77. The summed E-state index contributed by atoms with van der Waals surface area (Å²) in [7, 11) is 0. The SMILES string of the molecule is Cc1onc(-c2ccccc2)c1-c1nnc(CN2CCc3sccc3C2c2cccs2)o1. The van der Waals surface area contributed by atoms with E-state index in [4.69, 9.17) is 8.94 Å². The van der Waals surface area contributed by atoms with Crippen molar-refractivity contribution in [3.8, 4) is 22.7 Å². The zero-order valence-electron chi connectivity index (χ0n) is 17.4. The van der Waals surface area contributed by atoms with Gasteiger partial charge in [-0.25, -0.2) is 0 Å². The highest BCUT2D eigenvalue weighted by Crippen LogP contribution is 2.40. The molecule has 5 aromatic rings. The molecule has 0 N–H and O–H groups in total. The first kappa shape index (κ1) is 19.6. The summed E-state index contributed by atoms with van der Waals surface area (Å²) in [6.07, 6.45) is 1.04. The molecule has 1 aromatic carbocycles. The van der Waals surface area contributed by atoms with Gasteiger partial charge in [0, 0.05) is 21.9 Å². The van der Waals surface area contributed by atoms with Crippen molar-refractivity contribution in [2.75, 3.05) is 6.54 Å². The van der Waals surface area contributed by atoms with Gasteiger partial charge in [0.15, 0.2) is 0 Å². The third-order valence-electron chi connectivity index (χ3n) is 5.81. The van der Waals surface area contributed by atoms with Crippen molar-refractivity contribution in [3.05, 3.63) is 86.3 Å². The Labute approximate surface area is 193 Å². The zero-order valence-corrected chi connectivity index (χ0v) is 19.0. The number of aromatic nitrogens is 3. The summed E-state index contributed by atoms with van der Waals surface area (Å²) in [6.45, 7) is 3.42. The van der Waals surface area contributed by atoms with Crippen LogP contribution in [-0.2, 0) is 13.0 Å². The van der Waals surface area contributed by atoms with E-state index in [-0.39, 0.29) is 6.04 Å². The van der Waals surface area contributed by atoms with Crippen LogP contribution in [0.25, 0.3) is 22.7 Å². The third-order valence-corrected chi connectivity index (χ3v) is 7.73. The van der Waals surface area contributed by atoms with Crippen molar-refractivity contribution in [2.45, 2.75) is 25.9 Å². The maximum absolute atomic E-state index is 6.15. The van der Waals surface area contributed by atoms with Crippen LogP contribution in [0.3, 0.4) is 0 Å². The lowest BCUT2D eigenvalue weighted by molar-refractivity contribution is 0.189. The molecule has 0 amide bonds. The van der Waals surface area contributed by atoms with Gasteiger partial charge in [-0.15, -0.1) is 32.9 Å². The summed E-state index contributed by atoms with van der Waals surface area (Å²) >= 11 is 3.64. The van der Waals surface area contributed by atoms with Crippen molar-refractivity contribution in [3.63, 3.8) is 0 Å². The first-order valence-corrected chi connectivity index (χ1v) is 12.2. The number of hydrogen-bond acceptors (Lipinski definition) is 8. The standard InChI is InChI=1S/C24H20N4O2S2/c1-15-21(22(27-30-15)16-6-3-2-4-7-16)24-26-25-20(29-24)14-28-11-9-18-17(10-13-32-18)23(28)19-8-5-12-31-19/h2-8,10,12-13,23H,9,11,14H2,1H3.